The average Bonchev–Trinajstić information content (AvgIpc) is 3.42. The van der Waals surface area contributed by atoms with Crippen LogP contribution in [0.3, 0.4) is 0 Å². The number of para-hydroxylation sites is 2. The average molecular weight is 413 g/mol. The smallest absolute Gasteiger partial charge is 0.241 e. The molecule has 1 fully saturated rings. The van der Waals surface area contributed by atoms with Crippen molar-refractivity contribution in [3.8, 4) is 16.5 Å². The largest absolute Gasteiger partial charge is 0.492 e. The van der Waals surface area contributed by atoms with E-state index in [1.165, 1.54) is 0 Å². The molecule has 8 heteroatoms. The van der Waals surface area contributed by atoms with Crippen LogP contribution in [-0.2, 0) is 11.3 Å². The van der Waals surface area contributed by atoms with Crippen LogP contribution in [0.4, 0.5) is 5.69 Å². The lowest BCUT2D eigenvalue weighted by molar-refractivity contribution is -0.121. The summed E-state index contributed by atoms with van der Waals surface area (Å²) in [6.07, 6.45) is 1.82. The standard InChI is InChI=1S/C21H24N4O3S/c1-2-27-17-9-4-3-8-16(17)22-21(26)15-7-5-11-25(13-15)14-19-23-20(24-28-19)18-10-6-12-29-18/h3-4,6,8-10,12,15H,2,5,7,11,13-14H2,1H3,(H,22,26). The Bertz CT molecular complexity index is 941. The summed E-state index contributed by atoms with van der Waals surface area (Å²) in [4.78, 5) is 20.5. The van der Waals surface area contributed by atoms with E-state index >= 15 is 0 Å². The van der Waals surface area contributed by atoms with Gasteiger partial charge in [-0.2, -0.15) is 4.98 Å². The number of benzene rings is 1. The molecule has 1 saturated heterocycles. The Balaban J connectivity index is 1.36. The number of anilines is 1. The van der Waals surface area contributed by atoms with Crippen LogP contribution >= 0.6 is 11.3 Å². The van der Waals surface area contributed by atoms with Gasteiger partial charge >= 0.3 is 0 Å². The topological polar surface area (TPSA) is 80.5 Å². The number of carbonyl (C=O) groups excluding carboxylic acids is 1. The fourth-order valence-electron chi connectivity index (χ4n) is 3.52. The number of likely N-dealkylation sites (tertiary alicyclic amines) is 1. The first-order chi connectivity index (χ1) is 14.2. The molecule has 1 unspecified atom stereocenters. The zero-order valence-corrected chi connectivity index (χ0v) is 17.2. The Morgan fingerprint density at radius 3 is 3.07 bits per heavy atom. The number of thiophene rings is 1. The highest BCUT2D eigenvalue weighted by Gasteiger charge is 2.27. The van der Waals surface area contributed by atoms with E-state index in [4.69, 9.17) is 9.26 Å². The van der Waals surface area contributed by atoms with Gasteiger partial charge in [-0.3, -0.25) is 9.69 Å². The monoisotopic (exact) mass is 412 g/mol. The summed E-state index contributed by atoms with van der Waals surface area (Å²) in [5.41, 5.74) is 0.717. The van der Waals surface area contributed by atoms with Gasteiger partial charge in [-0.25, -0.2) is 0 Å². The SMILES string of the molecule is CCOc1ccccc1NC(=O)C1CCCN(Cc2nc(-c3cccs3)no2)C1. The Morgan fingerprint density at radius 2 is 2.24 bits per heavy atom. The van der Waals surface area contributed by atoms with E-state index in [0.29, 0.717) is 42.8 Å². The quantitative estimate of drug-likeness (QED) is 0.631. The predicted molar refractivity (Wildman–Crippen MR) is 112 cm³/mol. The summed E-state index contributed by atoms with van der Waals surface area (Å²) >= 11 is 1.58. The second-order valence-corrected chi connectivity index (χ2v) is 7.93. The van der Waals surface area contributed by atoms with Gasteiger partial charge in [-0.1, -0.05) is 23.4 Å². The fraction of sp³-hybridized carbons (Fsp3) is 0.381. The van der Waals surface area contributed by atoms with E-state index in [-0.39, 0.29) is 11.8 Å². The number of carbonyl (C=O) groups is 1. The van der Waals surface area contributed by atoms with E-state index in [1.54, 1.807) is 11.3 Å². The van der Waals surface area contributed by atoms with Gasteiger partial charge in [-0.05, 0) is 49.9 Å². The highest BCUT2D eigenvalue weighted by molar-refractivity contribution is 7.13. The summed E-state index contributed by atoms with van der Waals surface area (Å²) in [5.74, 6) is 1.83. The molecule has 1 aliphatic heterocycles. The number of rotatable bonds is 7. The van der Waals surface area contributed by atoms with Crippen molar-refractivity contribution < 1.29 is 14.1 Å². The van der Waals surface area contributed by atoms with Crippen LogP contribution in [0.25, 0.3) is 10.7 Å². The van der Waals surface area contributed by atoms with Crippen molar-refractivity contribution in [1.29, 1.82) is 0 Å². The third kappa shape index (κ3) is 4.83. The van der Waals surface area contributed by atoms with Crippen LogP contribution in [0.5, 0.6) is 5.75 Å². The zero-order chi connectivity index (χ0) is 20.1. The molecule has 3 aromatic rings. The van der Waals surface area contributed by atoms with Gasteiger partial charge in [-0.15, -0.1) is 11.3 Å². The first-order valence-corrected chi connectivity index (χ1v) is 10.7. The number of amides is 1. The molecule has 2 aromatic heterocycles. The summed E-state index contributed by atoms with van der Waals surface area (Å²) in [6.45, 7) is 4.62. The van der Waals surface area contributed by atoms with Crippen LogP contribution in [-0.4, -0.2) is 40.6 Å². The molecule has 0 radical (unpaired) electrons. The molecule has 29 heavy (non-hydrogen) atoms. The summed E-state index contributed by atoms with van der Waals surface area (Å²) in [5, 5.41) is 9.09. The van der Waals surface area contributed by atoms with Crippen LogP contribution in [0, 0.1) is 5.92 Å². The maximum absolute atomic E-state index is 12.8. The van der Waals surface area contributed by atoms with E-state index in [1.807, 2.05) is 48.7 Å². The molecule has 4 rings (SSSR count). The van der Waals surface area contributed by atoms with Crippen molar-refractivity contribution in [2.45, 2.75) is 26.3 Å². The number of hydrogen-bond donors (Lipinski definition) is 1. The summed E-state index contributed by atoms with van der Waals surface area (Å²) < 4.78 is 11.0. The Morgan fingerprint density at radius 1 is 1.34 bits per heavy atom. The number of hydrogen-bond acceptors (Lipinski definition) is 7. The van der Waals surface area contributed by atoms with Crippen LogP contribution < -0.4 is 10.1 Å². The van der Waals surface area contributed by atoms with Gasteiger partial charge in [0.15, 0.2) is 0 Å². The molecule has 1 aromatic carbocycles. The lowest BCUT2D eigenvalue weighted by Gasteiger charge is -2.31. The number of nitrogens with zero attached hydrogens (tertiary/aromatic N) is 3. The maximum atomic E-state index is 12.8. The molecular formula is C21H24N4O3S. The number of ether oxygens (including phenoxy) is 1. The van der Waals surface area contributed by atoms with E-state index in [0.717, 1.165) is 24.3 Å². The fourth-order valence-corrected chi connectivity index (χ4v) is 4.16. The second-order valence-electron chi connectivity index (χ2n) is 6.98. The summed E-state index contributed by atoms with van der Waals surface area (Å²) in [7, 11) is 0. The minimum atomic E-state index is -0.0851. The third-order valence-electron chi connectivity index (χ3n) is 4.89. The lowest BCUT2D eigenvalue weighted by Crippen LogP contribution is -2.40. The molecule has 1 atom stereocenters. The molecule has 7 nitrogen and oxygen atoms in total. The molecule has 1 aliphatic rings. The van der Waals surface area contributed by atoms with Crippen molar-refractivity contribution in [3.05, 3.63) is 47.7 Å². The molecule has 0 saturated carbocycles. The highest BCUT2D eigenvalue weighted by Crippen LogP contribution is 2.27. The molecule has 152 valence electrons. The second kappa shape index (κ2) is 9.19. The summed E-state index contributed by atoms with van der Waals surface area (Å²) in [6, 6.07) is 11.5. The van der Waals surface area contributed by atoms with Crippen molar-refractivity contribution in [2.24, 2.45) is 5.92 Å². The molecule has 0 aliphatic carbocycles. The van der Waals surface area contributed by atoms with E-state index in [2.05, 4.69) is 20.4 Å². The van der Waals surface area contributed by atoms with Gasteiger partial charge < -0.3 is 14.6 Å². The lowest BCUT2D eigenvalue weighted by atomic mass is 9.97. The van der Waals surface area contributed by atoms with Gasteiger partial charge in [0.2, 0.25) is 17.6 Å². The van der Waals surface area contributed by atoms with Crippen LogP contribution in [0.15, 0.2) is 46.3 Å². The highest BCUT2D eigenvalue weighted by atomic mass is 32.1. The van der Waals surface area contributed by atoms with Gasteiger partial charge in [0, 0.05) is 6.54 Å². The van der Waals surface area contributed by atoms with Crippen molar-refractivity contribution in [1.82, 2.24) is 15.0 Å². The Hall–Kier alpha value is -2.71. The van der Waals surface area contributed by atoms with E-state index < -0.39 is 0 Å². The number of nitrogens with one attached hydrogen (secondary N) is 1. The third-order valence-corrected chi connectivity index (χ3v) is 5.76. The molecule has 0 spiro atoms. The van der Waals surface area contributed by atoms with Gasteiger partial charge in [0.05, 0.1) is 29.6 Å². The zero-order valence-electron chi connectivity index (χ0n) is 16.3. The van der Waals surface area contributed by atoms with Gasteiger partial charge in [0.25, 0.3) is 0 Å². The molecular weight excluding hydrogens is 388 g/mol. The maximum Gasteiger partial charge on any atom is 0.241 e. The normalized spacial score (nSPS) is 17.2. The van der Waals surface area contributed by atoms with Crippen molar-refractivity contribution in [2.75, 3.05) is 25.0 Å². The molecule has 1 N–H and O–H groups in total. The Labute approximate surface area is 173 Å². The van der Waals surface area contributed by atoms with Crippen molar-refractivity contribution >= 4 is 22.9 Å². The molecule has 3 heterocycles. The van der Waals surface area contributed by atoms with Crippen LogP contribution in [0.1, 0.15) is 25.7 Å². The van der Waals surface area contributed by atoms with Crippen LogP contribution in [0.2, 0.25) is 0 Å². The number of piperidine rings is 1. The molecule has 0 bridgehead atoms. The van der Waals surface area contributed by atoms with E-state index in [9.17, 15) is 4.79 Å². The van der Waals surface area contributed by atoms with Gasteiger partial charge in [0.1, 0.15) is 5.75 Å². The first kappa shape index (κ1) is 19.6. The Kier molecular flexibility index (Phi) is 6.21. The molecule has 1 amide bonds. The minimum Gasteiger partial charge on any atom is -0.492 e. The van der Waals surface area contributed by atoms with Crippen molar-refractivity contribution in [3.63, 3.8) is 0 Å². The minimum absolute atomic E-state index is 0.0201. The predicted octanol–water partition coefficient (Wildman–Crippen LogP) is 4.05. The number of aromatic nitrogens is 2. The first-order valence-electron chi connectivity index (χ1n) is 9.84.